The fourth-order valence-electron chi connectivity index (χ4n) is 3.11. The van der Waals surface area contributed by atoms with E-state index in [4.69, 9.17) is 5.26 Å². The number of nitrogens with one attached hydrogen (secondary N) is 1. The van der Waals surface area contributed by atoms with Crippen molar-refractivity contribution in [1.29, 1.82) is 5.26 Å². The van der Waals surface area contributed by atoms with Gasteiger partial charge in [-0.1, -0.05) is 6.07 Å². The Kier molecular flexibility index (Phi) is 3.68. The van der Waals surface area contributed by atoms with E-state index in [1.54, 1.807) is 4.90 Å². The normalized spacial score (nSPS) is 13.0. The zero-order valence-corrected chi connectivity index (χ0v) is 12.8. The van der Waals surface area contributed by atoms with E-state index in [0.29, 0.717) is 24.9 Å². The number of amides is 1. The van der Waals surface area contributed by atoms with Gasteiger partial charge in [-0.15, -0.1) is 0 Å². The lowest BCUT2D eigenvalue weighted by Crippen LogP contribution is -2.29. The molecule has 0 bridgehead atoms. The van der Waals surface area contributed by atoms with Gasteiger partial charge in [0.1, 0.15) is 0 Å². The second kappa shape index (κ2) is 5.64. The summed E-state index contributed by atoms with van der Waals surface area (Å²) in [6.07, 6.45) is 1.91. The van der Waals surface area contributed by atoms with Crippen LogP contribution in [0.25, 0.3) is 0 Å². The summed E-state index contributed by atoms with van der Waals surface area (Å²) in [5.74, 6) is 0.105. The number of anilines is 1. The van der Waals surface area contributed by atoms with Crippen molar-refractivity contribution in [3.63, 3.8) is 0 Å². The minimum absolute atomic E-state index is 0.105. The quantitative estimate of drug-likeness (QED) is 0.944. The maximum Gasteiger partial charge on any atom is 0.227 e. The van der Waals surface area contributed by atoms with Crippen LogP contribution in [-0.2, 0) is 17.6 Å². The Morgan fingerprint density at radius 3 is 2.95 bits per heavy atom. The summed E-state index contributed by atoms with van der Waals surface area (Å²) >= 11 is 0. The molecular formula is C17H18N4O. The van der Waals surface area contributed by atoms with E-state index in [9.17, 15) is 4.79 Å². The molecule has 5 heteroatoms. The molecule has 0 radical (unpaired) electrons. The largest absolute Gasteiger partial charge is 0.312 e. The van der Waals surface area contributed by atoms with Gasteiger partial charge in [0.15, 0.2) is 0 Å². The van der Waals surface area contributed by atoms with Crippen LogP contribution in [0.5, 0.6) is 0 Å². The summed E-state index contributed by atoms with van der Waals surface area (Å²) in [6, 6.07) is 7.78. The molecule has 0 aliphatic carbocycles. The lowest BCUT2D eigenvalue weighted by molar-refractivity contribution is -0.118. The lowest BCUT2D eigenvalue weighted by atomic mass is 10.1. The third-order valence-corrected chi connectivity index (χ3v) is 4.32. The Bertz CT molecular complexity index is 750. The molecule has 2 aromatic rings. The van der Waals surface area contributed by atoms with Gasteiger partial charge in [-0.3, -0.25) is 9.89 Å². The third kappa shape index (κ3) is 2.37. The molecule has 1 aromatic heterocycles. The van der Waals surface area contributed by atoms with Crippen molar-refractivity contribution in [3.05, 3.63) is 46.3 Å². The number of aromatic nitrogens is 2. The van der Waals surface area contributed by atoms with Crippen LogP contribution in [0, 0.1) is 25.2 Å². The summed E-state index contributed by atoms with van der Waals surface area (Å²) in [4.78, 5) is 14.3. The molecule has 1 aliphatic rings. The molecule has 0 fully saturated rings. The number of nitrogens with zero attached hydrogens (tertiary/aromatic N) is 3. The first-order valence-electron chi connectivity index (χ1n) is 7.44. The molecule has 22 heavy (non-hydrogen) atoms. The van der Waals surface area contributed by atoms with E-state index < -0.39 is 0 Å². The van der Waals surface area contributed by atoms with Crippen molar-refractivity contribution >= 4 is 11.6 Å². The number of carbonyl (C=O) groups excluding carboxylic acids is 1. The van der Waals surface area contributed by atoms with Crippen LogP contribution in [0.2, 0.25) is 0 Å². The minimum atomic E-state index is 0.105. The number of H-pyrrole nitrogens is 1. The standard InChI is InChI=1S/C17H18N4O/c1-11-14(12(2)20-19-11)6-7-17(22)21-9-8-15-13(10-18)4-3-5-16(15)21/h3-5H,6-9H2,1-2H3,(H,19,20). The number of aromatic amines is 1. The van der Waals surface area contributed by atoms with Crippen LogP contribution in [0.3, 0.4) is 0 Å². The highest BCUT2D eigenvalue weighted by atomic mass is 16.2. The summed E-state index contributed by atoms with van der Waals surface area (Å²) in [5, 5.41) is 16.3. The molecule has 0 saturated heterocycles. The average molecular weight is 294 g/mol. The van der Waals surface area contributed by atoms with Crippen LogP contribution in [0.15, 0.2) is 18.2 Å². The van der Waals surface area contributed by atoms with Gasteiger partial charge in [-0.2, -0.15) is 10.4 Å². The molecular weight excluding hydrogens is 276 g/mol. The molecule has 0 atom stereocenters. The topological polar surface area (TPSA) is 72.8 Å². The van der Waals surface area contributed by atoms with Crippen LogP contribution < -0.4 is 4.90 Å². The summed E-state index contributed by atoms with van der Waals surface area (Å²) in [6.45, 7) is 4.59. The number of fused-ring (bicyclic) bond motifs is 1. The monoisotopic (exact) mass is 294 g/mol. The molecule has 0 saturated carbocycles. The van der Waals surface area contributed by atoms with E-state index in [2.05, 4.69) is 16.3 Å². The number of aryl methyl sites for hydroxylation is 2. The zero-order valence-electron chi connectivity index (χ0n) is 12.8. The second-order valence-corrected chi connectivity index (χ2v) is 5.62. The summed E-state index contributed by atoms with van der Waals surface area (Å²) in [7, 11) is 0. The van der Waals surface area contributed by atoms with Crippen molar-refractivity contribution < 1.29 is 4.79 Å². The molecule has 1 amide bonds. The predicted octanol–water partition coefficient (Wildman–Crippen LogP) is 2.42. The third-order valence-electron chi connectivity index (χ3n) is 4.32. The Hall–Kier alpha value is -2.61. The van der Waals surface area contributed by atoms with Gasteiger partial charge in [0, 0.05) is 24.3 Å². The van der Waals surface area contributed by atoms with Crippen LogP contribution >= 0.6 is 0 Å². The Labute approximate surface area is 129 Å². The Morgan fingerprint density at radius 1 is 1.45 bits per heavy atom. The van der Waals surface area contributed by atoms with E-state index in [1.165, 1.54) is 0 Å². The first-order chi connectivity index (χ1) is 10.6. The molecule has 3 rings (SSSR count). The lowest BCUT2D eigenvalue weighted by Gasteiger charge is -2.17. The van der Waals surface area contributed by atoms with Gasteiger partial charge < -0.3 is 4.90 Å². The molecule has 1 N–H and O–H groups in total. The van der Waals surface area contributed by atoms with Crippen molar-refractivity contribution in [3.8, 4) is 6.07 Å². The predicted molar refractivity (Wildman–Crippen MR) is 83.6 cm³/mol. The van der Waals surface area contributed by atoms with Gasteiger partial charge in [0.2, 0.25) is 5.91 Å². The number of carbonyl (C=O) groups is 1. The van der Waals surface area contributed by atoms with Crippen LogP contribution in [-0.4, -0.2) is 22.6 Å². The van der Waals surface area contributed by atoms with Crippen molar-refractivity contribution in [2.75, 3.05) is 11.4 Å². The Balaban J connectivity index is 1.75. The van der Waals surface area contributed by atoms with Crippen LogP contribution in [0.1, 0.15) is 34.5 Å². The van der Waals surface area contributed by atoms with E-state index in [0.717, 1.165) is 34.6 Å². The molecule has 0 spiro atoms. The first kappa shape index (κ1) is 14.3. The van der Waals surface area contributed by atoms with E-state index >= 15 is 0 Å². The number of benzene rings is 1. The Morgan fingerprint density at radius 2 is 2.27 bits per heavy atom. The number of hydrogen-bond acceptors (Lipinski definition) is 3. The van der Waals surface area contributed by atoms with Gasteiger partial charge in [0.05, 0.1) is 17.3 Å². The maximum absolute atomic E-state index is 12.5. The maximum atomic E-state index is 12.5. The first-order valence-corrected chi connectivity index (χ1v) is 7.44. The fraction of sp³-hybridized carbons (Fsp3) is 0.353. The number of hydrogen-bond donors (Lipinski definition) is 1. The number of nitriles is 1. The van der Waals surface area contributed by atoms with Gasteiger partial charge in [-0.25, -0.2) is 0 Å². The number of rotatable bonds is 3. The zero-order chi connectivity index (χ0) is 15.7. The van der Waals surface area contributed by atoms with Crippen molar-refractivity contribution in [2.24, 2.45) is 0 Å². The molecule has 112 valence electrons. The van der Waals surface area contributed by atoms with E-state index in [1.807, 2.05) is 32.0 Å². The highest BCUT2D eigenvalue weighted by molar-refractivity contribution is 5.96. The summed E-state index contributed by atoms with van der Waals surface area (Å²) in [5.41, 5.74) is 5.67. The van der Waals surface area contributed by atoms with Gasteiger partial charge >= 0.3 is 0 Å². The molecule has 1 aliphatic heterocycles. The van der Waals surface area contributed by atoms with E-state index in [-0.39, 0.29) is 5.91 Å². The van der Waals surface area contributed by atoms with Gasteiger partial charge in [0.25, 0.3) is 0 Å². The molecule has 1 aromatic carbocycles. The molecule has 2 heterocycles. The van der Waals surface area contributed by atoms with Crippen molar-refractivity contribution in [2.45, 2.75) is 33.1 Å². The van der Waals surface area contributed by atoms with Crippen LogP contribution in [0.4, 0.5) is 5.69 Å². The highest BCUT2D eigenvalue weighted by Crippen LogP contribution is 2.31. The SMILES string of the molecule is Cc1n[nH]c(C)c1CCC(=O)N1CCc2c(C#N)cccc21. The minimum Gasteiger partial charge on any atom is -0.312 e. The molecule has 5 nitrogen and oxygen atoms in total. The fourth-order valence-corrected chi connectivity index (χ4v) is 3.11. The summed E-state index contributed by atoms with van der Waals surface area (Å²) < 4.78 is 0. The van der Waals surface area contributed by atoms with Gasteiger partial charge in [-0.05, 0) is 49.9 Å². The molecule has 0 unspecified atom stereocenters. The van der Waals surface area contributed by atoms with Crippen molar-refractivity contribution in [1.82, 2.24) is 10.2 Å². The smallest absolute Gasteiger partial charge is 0.227 e. The highest BCUT2D eigenvalue weighted by Gasteiger charge is 2.26. The second-order valence-electron chi connectivity index (χ2n) is 5.62. The average Bonchev–Trinajstić information content (AvgIpc) is 3.09.